The van der Waals surface area contributed by atoms with Crippen LogP contribution in [0.4, 0.5) is 0 Å². The first kappa shape index (κ1) is 10.1. The minimum atomic E-state index is -0.429. The van der Waals surface area contributed by atoms with Crippen molar-refractivity contribution < 1.29 is 9.63 Å². The Hall–Kier alpha value is -1.46. The molecule has 78 valence electrons. The van der Waals surface area contributed by atoms with Crippen molar-refractivity contribution in [2.75, 3.05) is 6.61 Å². The minimum absolute atomic E-state index is 0.429. The van der Waals surface area contributed by atoms with Crippen molar-refractivity contribution in [3.05, 3.63) is 42.1 Å². The number of carbonyl (C=O) groups excluding carboxylic acids is 1. The molecule has 0 fully saturated rings. The van der Waals surface area contributed by atoms with Gasteiger partial charge >= 0.3 is 0 Å². The Labute approximate surface area is 91.8 Å². The second-order valence-electron chi connectivity index (χ2n) is 2.92. The molecule has 0 aromatic heterocycles. The van der Waals surface area contributed by atoms with Crippen LogP contribution in [0.3, 0.4) is 0 Å². The van der Waals surface area contributed by atoms with Crippen LogP contribution in [0.2, 0.25) is 0 Å². The standard InChI is InChI=1S/C10H10N2O2S/c11-10(13)8-4-1-2-5-9(8)15-12-6-3-7-14-12/h1-6H,7H2,(H2,11,13). The minimum Gasteiger partial charge on any atom is -0.366 e. The molecule has 2 rings (SSSR count). The van der Waals surface area contributed by atoms with Crippen molar-refractivity contribution in [3.8, 4) is 0 Å². The Kier molecular flexibility index (Phi) is 2.94. The molecule has 1 aliphatic heterocycles. The number of hydroxylamine groups is 1. The van der Waals surface area contributed by atoms with E-state index in [2.05, 4.69) is 0 Å². The Balaban J connectivity index is 2.19. The molecule has 2 N–H and O–H groups in total. The molecule has 4 nitrogen and oxygen atoms in total. The number of nitrogens with zero attached hydrogens (tertiary/aromatic N) is 1. The van der Waals surface area contributed by atoms with E-state index in [1.54, 1.807) is 16.6 Å². The van der Waals surface area contributed by atoms with Gasteiger partial charge in [0, 0.05) is 23.0 Å². The van der Waals surface area contributed by atoms with Gasteiger partial charge in [-0.2, -0.15) is 4.47 Å². The number of amides is 1. The van der Waals surface area contributed by atoms with Crippen molar-refractivity contribution in [2.45, 2.75) is 4.90 Å². The molecule has 0 radical (unpaired) electrons. The fourth-order valence-corrected chi connectivity index (χ4v) is 2.05. The smallest absolute Gasteiger partial charge is 0.249 e. The number of benzene rings is 1. The van der Waals surface area contributed by atoms with E-state index in [9.17, 15) is 4.79 Å². The SMILES string of the molecule is NC(=O)c1ccccc1SN1C=CCO1. The molecule has 5 heteroatoms. The average molecular weight is 222 g/mol. The van der Waals surface area contributed by atoms with E-state index < -0.39 is 5.91 Å². The normalized spacial score (nSPS) is 14.5. The van der Waals surface area contributed by atoms with Crippen LogP contribution < -0.4 is 5.73 Å². The van der Waals surface area contributed by atoms with Crippen molar-refractivity contribution in [3.63, 3.8) is 0 Å². The van der Waals surface area contributed by atoms with Crippen molar-refractivity contribution in [1.29, 1.82) is 0 Å². The van der Waals surface area contributed by atoms with E-state index in [0.29, 0.717) is 12.2 Å². The highest BCUT2D eigenvalue weighted by Gasteiger charge is 2.12. The van der Waals surface area contributed by atoms with E-state index in [1.807, 2.05) is 24.4 Å². The van der Waals surface area contributed by atoms with Crippen LogP contribution in [0.5, 0.6) is 0 Å². The van der Waals surface area contributed by atoms with Gasteiger partial charge in [0.25, 0.3) is 0 Å². The molecule has 1 heterocycles. The fraction of sp³-hybridized carbons (Fsp3) is 0.100. The molecule has 0 saturated heterocycles. The summed E-state index contributed by atoms with van der Waals surface area (Å²) in [6.45, 7) is 0.561. The number of primary amides is 1. The summed E-state index contributed by atoms with van der Waals surface area (Å²) < 4.78 is 1.60. The molecule has 1 aliphatic rings. The Morgan fingerprint density at radius 1 is 1.47 bits per heavy atom. The highest BCUT2D eigenvalue weighted by atomic mass is 32.2. The van der Waals surface area contributed by atoms with Crippen LogP contribution >= 0.6 is 11.9 Å². The Morgan fingerprint density at radius 3 is 2.93 bits per heavy atom. The summed E-state index contributed by atoms with van der Waals surface area (Å²) in [6, 6.07) is 7.17. The third-order valence-corrected chi connectivity index (χ3v) is 2.83. The lowest BCUT2D eigenvalue weighted by Crippen LogP contribution is -2.13. The zero-order valence-corrected chi connectivity index (χ0v) is 8.74. The zero-order valence-electron chi connectivity index (χ0n) is 7.92. The van der Waals surface area contributed by atoms with E-state index in [1.165, 1.54) is 11.9 Å². The first-order chi connectivity index (χ1) is 7.27. The maximum Gasteiger partial charge on any atom is 0.249 e. The third kappa shape index (κ3) is 2.31. The molecule has 1 aromatic carbocycles. The molecule has 0 aliphatic carbocycles. The first-order valence-corrected chi connectivity index (χ1v) is 5.20. The van der Waals surface area contributed by atoms with E-state index in [4.69, 9.17) is 10.6 Å². The van der Waals surface area contributed by atoms with Crippen LogP contribution in [0.15, 0.2) is 41.4 Å². The highest BCUT2D eigenvalue weighted by Crippen LogP contribution is 2.28. The van der Waals surface area contributed by atoms with E-state index in [-0.39, 0.29) is 0 Å². The molecule has 0 atom stereocenters. The molecular formula is C10H10N2O2S. The van der Waals surface area contributed by atoms with E-state index >= 15 is 0 Å². The van der Waals surface area contributed by atoms with Gasteiger partial charge in [0.05, 0.1) is 12.2 Å². The lowest BCUT2D eigenvalue weighted by atomic mass is 10.2. The molecule has 15 heavy (non-hydrogen) atoms. The summed E-state index contributed by atoms with van der Waals surface area (Å²) in [6.07, 6.45) is 3.70. The molecule has 0 spiro atoms. The van der Waals surface area contributed by atoms with Crippen molar-refractivity contribution >= 4 is 17.9 Å². The number of carbonyl (C=O) groups is 1. The fourth-order valence-electron chi connectivity index (χ4n) is 1.19. The average Bonchev–Trinajstić information content (AvgIpc) is 2.71. The Bertz CT molecular complexity index is 406. The second-order valence-corrected chi connectivity index (χ2v) is 3.90. The lowest BCUT2D eigenvalue weighted by molar-refractivity contribution is -0.000412. The van der Waals surface area contributed by atoms with E-state index in [0.717, 1.165) is 4.90 Å². The van der Waals surface area contributed by atoms with Gasteiger partial charge in [-0.1, -0.05) is 12.1 Å². The van der Waals surface area contributed by atoms with Crippen LogP contribution in [-0.2, 0) is 4.84 Å². The summed E-state index contributed by atoms with van der Waals surface area (Å²) in [7, 11) is 0. The van der Waals surface area contributed by atoms with Gasteiger partial charge in [-0.3, -0.25) is 9.63 Å². The number of hydrogen-bond donors (Lipinski definition) is 1. The molecule has 0 bridgehead atoms. The predicted molar refractivity (Wildman–Crippen MR) is 57.7 cm³/mol. The van der Waals surface area contributed by atoms with Crippen molar-refractivity contribution in [2.24, 2.45) is 5.73 Å². The number of nitrogens with two attached hydrogens (primary N) is 1. The number of rotatable bonds is 3. The molecule has 1 amide bonds. The topological polar surface area (TPSA) is 55.6 Å². The summed E-state index contributed by atoms with van der Waals surface area (Å²) in [5.74, 6) is -0.429. The summed E-state index contributed by atoms with van der Waals surface area (Å²) in [5.41, 5.74) is 5.77. The molecule has 1 aromatic rings. The summed E-state index contributed by atoms with van der Waals surface area (Å²) in [5, 5.41) is 0. The molecule has 0 saturated carbocycles. The first-order valence-electron chi connectivity index (χ1n) is 4.43. The molecular weight excluding hydrogens is 212 g/mol. The summed E-state index contributed by atoms with van der Waals surface area (Å²) >= 11 is 1.33. The van der Waals surface area contributed by atoms with Crippen LogP contribution in [-0.4, -0.2) is 17.0 Å². The largest absolute Gasteiger partial charge is 0.366 e. The maximum atomic E-state index is 11.1. The van der Waals surface area contributed by atoms with Gasteiger partial charge in [-0.15, -0.1) is 0 Å². The Morgan fingerprint density at radius 2 is 2.27 bits per heavy atom. The predicted octanol–water partition coefficient (Wildman–Crippen LogP) is 1.55. The van der Waals surface area contributed by atoms with Crippen LogP contribution in [0.25, 0.3) is 0 Å². The van der Waals surface area contributed by atoms with Crippen molar-refractivity contribution in [1.82, 2.24) is 4.47 Å². The monoisotopic (exact) mass is 222 g/mol. The summed E-state index contributed by atoms with van der Waals surface area (Å²) in [4.78, 5) is 17.1. The second kappa shape index (κ2) is 4.37. The lowest BCUT2D eigenvalue weighted by Gasteiger charge is -2.13. The number of hydrogen-bond acceptors (Lipinski definition) is 4. The zero-order chi connectivity index (χ0) is 10.7. The maximum absolute atomic E-state index is 11.1. The third-order valence-electron chi connectivity index (χ3n) is 1.87. The molecule has 0 unspecified atom stereocenters. The van der Waals surface area contributed by atoms with Gasteiger partial charge in [-0.05, 0) is 18.2 Å². The quantitative estimate of drug-likeness (QED) is 0.788. The van der Waals surface area contributed by atoms with Gasteiger partial charge in [0.2, 0.25) is 5.91 Å². The van der Waals surface area contributed by atoms with Gasteiger partial charge in [0.1, 0.15) is 0 Å². The van der Waals surface area contributed by atoms with Crippen LogP contribution in [0, 0.1) is 0 Å². The van der Waals surface area contributed by atoms with Gasteiger partial charge in [-0.25, -0.2) is 0 Å². The van der Waals surface area contributed by atoms with Crippen LogP contribution in [0.1, 0.15) is 10.4 Å². The highest BCUT2D eigenvalue weighted by molar-refractivity contribution is 7.97. The van der Waals surface area contributed by atoms with Gasteiger partial charge < -0.3 is 5.73 Å². The van der Waals surface area contributed by atoms with Gasteiger partial charge in [0.15, 0.2) is 0 Å².